The number of pyridine rings is 1. The monoisotopic (exact) mass is 292 g/mol. The average molecular weight is 292 g/mol. The summed E-state index contributed by atoms with van der Waals surface area (Å²) in [6, 6.07) is 12.2. The van der Waals surface area contributed by atoms with Gasteiger partial charge in [0.05, 0.1) is 16.6 Å². The van der Waals surface area contributed by atoms with Gasteiger partial charge in [0.2, 0.25) is 5.88 Å². The van der Waals surface area contributed by atoms with Gasteiger partial charge in [0.15, 0.2) is 11.5 Å². The summed E-state index contributed by atoms with van der Waals surface area (Å²) in [5.41, 5.74) is 0. The number of carbonyl (C=O) groups excluding carboxylic acids is 1. The van der Waals surface area contributed by atoms with Crippen molar-refractivity contribution in [3.63, 3.8) is 0 Å². The van der Waals surface area contributed by atoms with E-state index in [0.29, 0.717) is 23.2 Å². The first-order valence-corrected chi connectivity index (χ1v) is 6.15. The predicted octanol–water partition coefficient (Wildman–Crippen LogP) is 3.22. The van der Waals surface area contributed by atoms with E-state index in [9.17, 15) is 4.79 Å². The van der Waals surface area contributed by atoms with Crippen molar-refractivity contribution < 1.29 is 18.8 Å². The quantitative estimate of drug-likeness (QED) is 0.876. The number of hydrogen-bond acceptors (Lipinski definition) is 5. The summed E-state index contributed by atoms with van der Waals surface area (Å²) in [6.07, 6.45) is -0.594. The minimum Gasteiger partial charge on any atom is -0.476 e. The molecule has 0 radical (unpaired) electrons. The maximum atomic E-state index is 11.1. The van der Waals surface area contributed by atoms with Crippen molar-refractivity contribution in [3.05, 3.63) is 42.5 Å². The topological polar surface area (TPSA) is 69.7 Å². The Balaban J connectivity index is 2.17. The highest BCUT2D eigenvalue weighted by Gasteiger charge is 2.07. The second kappa shape index (κ2) is 6.73. The van der Waals surface area contributed by atoms with Crippen LogP contribution in [0.5, 0.6) is 17.4 Å². The lowest BCUT2D eigenvalue weighted by molar-refractivity contribution is 0.187. The standard InChI is InChI=1S/C13H13N2O4P/c1-17-13(16)15-11-7-4-8-12(14-11)18-9-5-2-3-6-10(9)19-20/h2-8H,20H2,1H3,(H,14,15,16). The van der Waals surface area contributed by atoms with E-state index in [4.69, 9.17) is 9.26 Å². The molecule has 0 aliphatic rings. The first-order valence-electron chi connectivity index (χ1n) is 5.68. The number of anilines is 1. The number of methoxy groups -OCH3 is 1. The molecule has 0 saturated heterocycles. The lowest BCUT2D eigenvalue weighted by atomic mass is 10.3. The second-order valence-electron chi connectivity index (χ2n) is 3.64. The van der Waals surface area contributed by atoms with Crippen molar-refractivity contribution in [1.82, 2.24) is 4.98 Å². The minimum atomic E-state index is -0.594. The van der Waals surface area contributed by atoms with Crippen LogP contribution in [0.25, 0.3) is 0 Å². The van der Waals surface area contributed by atoms with Crippen LogP contribution in [0.15, 0.2) is 42.5 Å². The Morgan fingerprint density at radius 3 is 2.60 bits per heavy atom. The summed E-state index contributed by atoms with van der Waals surface area (Å²) < 4.78 is 15.2. The molecular weight excluding hydrogens is 279 g/mol. The van der Waals surface area contributed by atoms with Crippen molar-refractivity contribution in [3.8, 4) is 17.4 Å². The zero-order valence-electron chi connectivity index (χ0n) is 10.7. The van der Waals surface area contributed by atoms with E-state index in [0.717, 1.165) is 0 Å². The lowest BCUT2D eigenvalue weighted by Crippen LogP contribution is -2.12. The number of hydrogen-bond donors (Lipinski definition) is 1. The fourth-order valence-corrected chi connectivity index (χ4v) is 1.64. The minimum absolute atomic E-state index is 0.327. The van der Waals surface area contributed by atoms with Crippen molar-refractivity contribution in [2.24, 2.45) is 0 Å². The summed E-state index contributed by atoms with van der Waals surface area (Å²) in [5.74, 6) is 1.74. The Labute approximate surface area is 118 Å². The number of rotatable bonds is 4. The lowest BCUT2D eigenvalue weighted by Gasteiger charge is -2.10. The Bertz CT molecular complexity index is 606. The molecule has 1 atom stereocenters. The molecule has 1 N–H and O–H groups in total. The molecule has 0 aliphatic carbocycles. The van der Waals surface area contributed by atoms with E-state index >= 15 is 0 Å². The van der Waals surface area contributed by atoms with E-state index in [1.54, 1.807) is 30.3 Å². The molecule has 2 rings (SSSR count). The number of nitrogens with one attached hydrogen (secondary N) is 1. The zero-order valence-corrected chi connectivity index (χ0v) is 11.9. The Morgan fingerprint density at radius 1 is 1.15 bits per heavy atom. The molecule has 20 heavy (non-hydrogen) atoms. The molecule has 1 aromatic carbocycles. The highest BCUT2D eigenvalue weighted by molar-refractivity contribution is 7.10. The maximum Gasteiger partial charge on any atom is 0.412 e. The largest absolute Gasteiger partial charge is 0.476 e. The molecule has 0 saturated carbocycles. The fraction of sp³-hybridized carbons (Fsp3) is 0.0769. The number of aromatic nitrogens is 1. The summed E-state index contributed by atoms with van der Waals surface area (Å²) in [6.45, 7) is 0. The van der Waals surface area contributed by atoms with Gasteiger partial charge in [-0.05, 0) is 18.2 Å². The maximum absolute atomic E-state index is 11.1. The van der Waals surface area contributed by atoms with Crippen LogP contribution in [0.3, 0.4) is 0 Å². The van der Waals surface area contributed by atoms with Crippen LogP contribution in [0.2, 0.25) is 0 Å². The van der Waals surface area contributed by atoms with Gasteiger partial charge in [-0.1, -0.05) is 18.2 Å². The van der Waals surface area contributed by atoms with Crippen LogP contribution in [-0.4, -0.2) is 18.2 Å². The molecule has 0 bridgehead atoms. The predicted molar refractivity (Wildman–Crippen MR) is 77.1 cm³/mol. The SMILES string of the molecule is COC(=O)Nc1cccc(Oc2ccccc2OP)n1. The summed E-state index contributed by atoms with van der Waals surface area (Å²) >= 11 is 0. The van der Waals surface area contributed by atoms with E-state index in [1.807, 2.05) is 12.1 Å². The smallest absolute Gasteiger partial charge is 0.412 e. The molecule has 2 aromatic rings. The van der Waals surface area contributed by atoms with Gasteiger partial charge in [0.1, 0.15) is 5.82 Å². The Kier molecular flexibility index (Phi) is 4.74. The average Bonchev–Trinajstić information content (AvgIpc) is 2.48. The van der Waals surface area contributed by atoms with Crippen molar-refractivity contribution in [2.45, 2.75) is 0 Å². The van der Waals surface area contributed by atoms with Crippen LogP contribution < -0.4 is 14.6 Å². The molecule has 1 heterocycles. The van der Waals surface area contributed by atoms with Gasteiger partial charge in [-0.25, -0.2) is 4.79 Å². The molecule has 0 fully saturated rings. The van der Waals surface area contributed by atoms with Crippen LogP contribution >= 0.6 is 9.47 Å². The highest BCUT2D eigenvalue weighted by atomic mass is 31.0. The number of benzene rings is 1. The number of ether oxygens (including phenoxy) is 2. The zero-order chi connectivity index (χ0) is 14.4. The van der Waals surface area contributed by atoms with Gasteiger partial charge in [-0.15, -0.1) is 0 Å². The van der Waals surface area contributed by atoms with E-state index in [1.165, 1.54) is 7.11 Å². The molecule has 1 amide bonds. The first kappa shape index (κ1) is 14.1. The van der Waals surface area contributed by atoms with E-state index < -0.39 is 6.09 Å². The molecule has 1 unspecified atom stereocenters. The van der Waals surface area contributed by atoms with Crippen LogP contribution in [0, 0.1) is 0 Å². The number of carbonyl (C=O) groups is 1. The number of para-hydroxylation sites is 2. The van der Waals surface area contributed by atoms with Gasteiger partial charge >= 0.3 is 6.09 Å². The third-order valence-corrected chi connectivity index (χ3v) is 2.58. The molecule has 7 heteroatoms. The Morgan fingerprint density at radius 2 is 1.90 bits per heavy atom. The van der Waals surface area contributed by atoms with Crippen molar-refractivity contribution >= 4 is 21.4 Å². The molecule has 104 valence electrons. The van der Waals surface area contributed by atoms with Gasteiger partial charge in [-0.3, -0.25) is 5.32 Å². The molecule has 0 aliphatic heterocycles. The summed E-state index contributed by atoms with van der Waals surface area (Å²) in [5, 5.41) is 2.46. The highest BCUT2D eigenvalue weighted by Crippen LogP contribution is 2.31. The fourth-order valence-electron chi connectivity index (χ4n) is 1.44. The van der Waals surface area contributed by atoms with Gasteiger partial charge < -0.3 is 14.0 Å². The first-order chi connectivity index (χ1) is 9.72. The third kappa shape index (κ3) is 3.59. The molecule has 0 spiro atoms. The van der Waals surface area contributed by atoms with Crippen LogP contribution in [-0.2, 0) is 4.74 Å². The third-order valence-electron chi connectivity index (χ3n) is 2.33. The molecule has 1 aromatic heterocycles. The van der Waals surface area contributed by atoms with Crippen LogP contribution in [0.1, 0.15) is 0 Å². The number of amides is 1. The van der Waals surface area contributed by atoms with Gasteiger partial charge in [0.25, 0.3) is 0 Å². The Hall–Kier alpha value is -2.33. The molecular formula is C13H13N2O4P. The van der Waals surface area contributed by atoms with Crippen LogP contribution in [0.4, 0.5) is 10.6 Å². The van der Waals surface area contributed by atoms with Gasteiger partial charge in [0, 0.05) is 6.07 Å². The summed E-state index contributed by atoms with van der Waals surface area (Å²) in [7, 11) is 3.44. The normalized spacial score (nSPS) is 9.70. The summed E-state index contributed by atoms with van der Waals surface area (Å²) in [4.78, 5) is 15.2. The van der Waals surface area contributed by atoms with Crippen molar-refractivity contribution in [2.75, 3.05) is 12.4 Å². The van der Waals surface area contributed by atoms with Gasteiger partial charge in [-0.2, -0.15) is 4.98 Å². The number of nitrogens with zero attached hydrogens (tertiary/aromatic N) is 1. The molecule has 6 nitrogen and oxygen atoms in total. The van der Waals surface area contributed by atoms with E-state index in [-0.39, 0.29) is 0 Å². The van der Waals surface area contributed by atoms with E-state index in [2.05, 4.69) is 24.5 Å². The van der Waals surface area contributed by atoms with Crippen molar-refractivity contribution in [1.29, 1.82) is 0 Å². The second-order valence-corrected chi connectivity index (χ2v) is 3.88.